The highest BCUT2D eigenvalue weighted by molar-refractivity contribution is 5.79. The zero-order valence-corrected chi connectivity index (χ0v) is 17.0. The van der Waals surface area contributed by atoms with E-state index in [4.69, 9.17) is 4.98 Å². The van der Waals surface area contributed by atoms with Gasteiger partial charge in [-0.2, -0.15) is 4.98 Å². The average molecular weight is 399 g/mol. The van der Waals surface area contributed by atoms with E-state index in [2.05, 4.69) is 31.2 Å². The number of nitrogens with zero attached hydrogens (tertiary/aromatic N) is 5. The third kappa shape index (κ3) is 2.48. The predicted molar refractivity (Wildman–Crippen MR) is 117 cm³/mol. The summed E-state index contributed by atoms with van der Waals surface area (Å²) in [5, 5.41) is 0. The molecule has 0 fully saturated rings. The second kappa shape index (κ2) is 6.59. The Labute approximate surface area is 172 Å². The van der Waals surface area contributed by atoms with Gasteiger partial charge in [0.25, 0.3) is 5.56 Å². The standard InChI is InChI=1S/C23H21N5O2/c1-4-15-10-12-16(13-11-15)18-14-27-19-20(25(2)23(30)26(3)21(19)29)24-22(27)28(18)17-8-6-5-7-9-17/h5-14H,4H2,1-3H3. The summed E-state index contributed by atoms with van der Waals surface area (Å²) in [4.78, 5) is 30.0. The van der Waals surface area contributed by atoms with Crippen LogP contribution >= 0.6 is 0 Å². The first-order chi connectivity index (χ1) is 14.5. The Kier molecular flexibility index (Phi) is 3.99. The summed E-state index contributed by atoms with van der Waals surface area (Å²) >= 11 is 0. The van der Waals surface area contributed by atoms with Crippen LogP contribution in [0, 0.1) is 0 Å². The third-order valence-corrected chi connectivity index (χ3v) is 5.64. The van der Waals surface area contributed by atoms with Crippen molar-refractivity contribution in [1.82, 2.24) is 23.1 Å². The number of para-hydroxylation sites is 1. The maximum atomic E-state index is 12.9. The molecule has 7 heteroatoms. The van der Waals surface area contributed by atoms with Crippen LogP contribution < -0.4 is 11.2 Å². The SMILES string of the molecule is CCc1ccc(-c2cn3c4c(=O)n(C)c(=O)n(C)c4nc3n2-c2ccccc2)cc1. The minimum Gasteiger partial charge on any atom is -0.279 e. The fourth-order valence-electron chi connectivity index (χ4n) is 3.92. The van der Waals surface area contributed by atoms with Crippen LogP contribution in [0.1, 0.15) is 12.5 Å². The van der Waals surface area contributed by atoms with E-state index in [1.54, 1.807) is 11.4 Å². The average Bonchev–Trinajstić information content (AvgIpc) is 3.33. The third-order valence-electron chi connectivity index (χ3n) is 5.64. The molecule has 0 aliphatic heterocycles. The molecule has 0 bridgehead atoms. The van der Waals surface area contributed by atoms with Crippen LogP contribution in [-0.4, -0.2) is 23.1 Å². The van der Waals surface area contributed by atoms with E-state index in [0.29, 0.717) is 16.9 Å². The Hall–Kier alpha value is -3.87. The largest absolute Gasteiger partial charge is 0.332 e. The molecule has 0 radical (unpaired) electrons. The van der Waals surface area contributed by atoms with Crippen LogP contribution in [0.25, 0.3) is 33.9 Å². The quantitative estimate of drug-likeness (QED) is 0.469. The van der Waals surface area contributed by atoms with Crippen LogP contribution in [0.2, 0.25) is 0 Å². The molecule has 0 saturated carbocycles. The maximum absolute atomic E-state index is 12.9. The van der Waals surface area contributed by atoms with Gasteiger partial charge in [-0.1, -0.05) is 49.4 Å². The van der Waals surface area contributed by atoms with Crippen molar-refractivity contribution in [2.45, 2.75) is 13.3 Å². The van der Waals surface area contributed by atoms with Gasteiger partial charge in [-0.25, -0.2) is 4.79 Å². The molecule has 5 aromatic rings. The van der Waals surface area contributed by atoms with Crippen LogP contribution in [0.4, 0.5) is 0 Å². The van der Waals surface area contributed by atoms with Crippen molar-refractivity contribution in [2.24, 2.45) is 14.1 Å². The Morgan fingerprint density at radius 3 is 2.27 bits per heavy atom. The van der Waals surface area contributed by atoms with Gasteiger partial charge in [-0.3, -0.25) is 22.9 Å². The minimum atomic E-state index is -0.394. The van der Waals surface area contributed by atoms with Gasteiger partial charge in [0.15, 0.2) is 11.2 Å². The molecule has 30 heavy (non-hydrogen) atoms. The predicted octanol–water partition coefficient (Wildman–Crippen LogP) is 2.91. The van der Waals surface area contributed by atoms with Crippen molar-refractivity contribution < 1.29 is 0 Å². The molecule has 0 aliphatic carbocycles. The number of hydrogen-bond donors (Lipinski definition) is 0. The Morgan fingerprint density at radius 2 is 1.60 bits per heavy atom. The van der Waals surface area contributed by atoms with Gasteiger partial charge < -0.3 is 0 Å². The molecular weight excluding hydrogens is 378 g/mol. The molecule has 0 amide bonds. The molecule has 3 aromatic heterocycles. The molecule has 5 rings (SSSR count). The number of aryl methyl sites for hydroxylation is 2. The molecule has 0 N–H and O–H groups in total. The zero-order chi connectivity index (χ0) is 21.0. The number of rotatable bonds is 3. The fourth-order valence-corrected chi connectivity index (χ4v) is 3.92. The zero-order valence-electron chi connectivity index (χ0n) is 17.0. The van der Waals surface area contributed by atoms with Gasteiger partial charge in [0.2, 0.25) is 5.78 Å². The van der Waals surface area contributed by atoms with E-state index in [1.165, 1.54) is 17.2 Å². The Bertz CT molecular complexity index is 1520. The molecule has 150 valence electrons. The highest BCUT2D eigenvalue weighted by Gasteiger charge is 2.21. The first kappa shape index (κ1) is 18.2. The van der Waals surface area contributed by atoms with Crippen molar-refractivity contribution in [1.29, 1.82) is 0 Å². The topological polar surface area (TPSA) is 66.2 Å². The molecule has 0 atom stereocenters. The van der Waals surface area contributed by atoms with Crippen LogP contribution in [0.5, 0.6) is 0 Å². The number of imidazole rings is 2. The second-order valence-corrected chi connectivity index (χ2v) is 7.40. The number of aromatic nitrogens is 5. The highest BCUT2D eigenvalue weighted by Crippen LogP contribution is 2.29. The molecule has 0 saturated heterocycles. The lowest BCUT2D eigenvalue weighted by Crippen LogP contribution is -2.37. The maximum Gasteiger partial charge on any atom is 0.332 e. The summed E-state index contributed by atoms with van der Waals surface area (Å²) in [7, 11) is 3.12. The van der Waals surface area contributed by atoms with E-state index >= 15 is 0 Å². The van der Waals surface area contributed by atoms with Crippen molar-refractivity contribution >= 4 is 16.9 Å². The van der Waals surface area contributed by atoms with E-state index in [9.17, 15) is 9.59 Å². The number of fused-ring (bicyclic) bond motifs is 3. The van der Waals surface area contributed by atoms with Crippen LogP contribution in [-0.2, 0) is 20.5 Å². The fraction of sp³-hybridized carbons (Fsp3) is 0.174. The molecule has 7 nitrogen and oxygen atoms in total. The van der Waals surface area contributed by atoms with Gasteiger partial charge in [-0.15, -0.1) is 0 Å². The van der Waals surface area contributed by atoms with Crippen molar-refractivity contribution in [3.05, 3.63) is 87.2 Å². The number of hydrogen-bond acceptors (Lipinski definition) is 3. The number of benzene rings is 2. The first-order valence-electron chi connectivity index (χ1n) is 9.85. The smallest absolute Gasteiger partial charge is 0.279 e. The van der Waals surface area contributed by atoms with Gasteiger partial charge >= 0.3 is 5.69 Å². The summed E-state index contributed by atoms with van der Waals surface area (Å²) in [5.41, 5.74) is 4.13. The van der Waals surface area contributed by atoms with E-state index < -0.39 is 5.69 Å². The highest BCUT2D eigenvalue weighted by atomic mass is 16.2. The van der Waals surface area contributed by atoms with Crippen molar-refractivity contribution in [3.63, 3.8) is 0 Å². The molecule has 2 aromatic carbocycles. The normalized spacial score (nSPS) is 11.6. The van der Waals surface area contributed by atoms with E-state index in [0.717, 1.165) is 27.9 Å². The minimum absolute atomic E-state index is 0.362. The van der Waals surface area contributed by atoms with Gasteiger partial charge in [-0.05, 0) is 24.1 Å². The van der Waals surface area contributed by atoms with Crippen LogP contribution in [0.3, 0.4) is 0 Å². The lowest BCUT2D eigenvalue weighted by atomic mass is 10.1. The molecular formula is C23H21N5O2. The van der Waals surface area contributed by atoms with Gasteiger partial charge in [0.05, 0.1) is 5.69 Å². The summed E-state index contributed by atoms with van der Waals surface area (Å²) in [5.74, 6) is 0.587. The summed E-state index contributed by atoms with van der Waals surface area (Å²) in [6.07, 6.45) is 2.89. The lowest BCUT2D eigenvalue weighted by molar-refractivity contribution is 0.708. The van der Waals surface area contributed by atoms with Crippen molar-refractivity contribution in [3.8, 4) is 16.9 Å². The molecule has 0 unspecified atom stereocenters. The van der Waals surface area contributed by atoms with Crippen molar-refractivity contribution in [2.75, 3.05) is 0 Å². The Balaban J connectivity index is 1.93. The van der Waals surface area contributed by atoms with Crippen LogP contribution in [0.15, 0.2) is 70.4 Å². The van der Waals surface area contributed by atoms with Gasteiger partial charge in [0.1, 0.15) is 0 Å². The van der Waals surface area contributed by atoms with E-state index in [1.807, 2.05) is 41.1 Å². The summed E-state index contributed by atoms with van der Waals surface area (Å²) in [6, 6.07) is 18.3. The molecule has 0 aliphatic rings. The lowest BCUT2D eigenvalue weighted by Gasteiger charge is -2.09. The van der Waals surface area contributed by atoms with E-state index in [-0.39, 0.29) is 5.56 Å². The Morgan fingerprint density at radius 1 is 0.900 bits per heavy atom. The summed E-state index contributed by atoms with van der Waals surface area (Å²) in [6.45, 7) is 2.13. The second-order valence-electron chi connectivity index (χ2n) is 7.40. The molecule has 0 spiro atoms. The first-order valence-corrected chi connectivity index (χ1v) is 9.85. The summed E-state index contributed by atoms with van der Waals surface area (Å²) < 4.78 is 6.33. The van der Waals surface area contributed by atoms with Gasteiger partial charge in [0, 0.05) is 31.5 Å². The monoisotopic (exact) mass is 399 g/mol. The molecule has 3 heterocycles.